The zero-order valence-corrected chi connectivity index (χ0v) is 17.9. The predicted octanol–water partition coefficient (Wildman–Crippen LogP) is 5.47. The van der Waals surface area contributed by atoms with Crippen LogP contribution in [0.5, 0.6) is 0 Å². The SMILES string of the molecule is O=C(Nc1ccccc1C(=O)OCc1nc2ccccc2s1)c1ccc([N+](=O)[O-])cc1Cl. The average molecular weight is 468 g/mol. The van der Waals surface area contributed by atoms with E-state index in [4.69, 9.17) is 16.3 Å². The summed E-state index contributed by atoms with van der Waals surface area (Å²) in [5.41, 5.74) is 1.01. The van der Waals surface area contributed by atoms with Gasteiger partial charge in [0, 0.05) is 12.1 Å². The first kappa shape index (κ1) is 21.4. The fourth-order valence-corrected chi connectivity index (χ4v) is 4.09. The maximum atomic E-state index is 12.7. The number of hydrogen-bond donors (Lipinski definition) is 1. The second kappa shape index (κ2) is 9.13. The van der Waals surface area contributed by atoms with Gasteiger partial charge in [-0.1, -0.05) is 35.9 Å². The van der Waals surface area contributed by atoms with Gasteiger partial charge in [-0.2, -0.15) is 0 Å². The number of ether oxygens (including phenoxy) is 1. The van der Waals surface area contributed by atoms with Crippen LogP contribution in [0, 0.1) is 10.1 Å². The molecule has 1 amide bonds. The van der Waals surface area contributed by atoms with E-state index in [1.807, 2.05) is 24.3 Å². The van der Waals surface area contributed by atoms with Crippen LogP contribution in [-0.2, 0) is 11.3 Å². The molecule has 0 spiro atoms. The molecule has 0 radical (unpaired) electrons. The van der Waals surface area contributed by atoms with Crippen molar-refractivity contribution in [3.8, 4) is 0 Å². The molecule has 0 aliphatic heterocycles. The van der Waals surface area contributed by atoms with Crippen molar-refractivity contribution in [3.63, 3.8) is 0 Å². The zero-order chi connectivity index (χ0) is 22.7. The van der Waals surface area contributed by atoms with Crippen molar-refractivity contribution >= 4 is 56.4 Å². The molecule has 0 bridgehead atoms. The van der Waals surface area contributed by atoms with E-state index in [-0.39, 0.29) is 34.1 Å². The lowest BCUT2D eigenvalue weighted by atomic mass is 10.1. The molecule has 0 fully saturated rings. The van der Waals surface area contributed by atoms with E-state index < -0.39 is 16.8 Å². The smallest absolute Gasteiger partial charge is 0.340 e. The highest BCUT2D eigenvalue weighted by Crippen LogP contribution is 2.26. The van der Waals surface area contributed by atoms with Crippen LogP contribution < -0.4 is 5.32 Å². The Kier molecular flexibility index (Phi) is 6.11. The molecule has 0 atom stereocenters. The van der Waals surface area contributed by atoms with Crippen molar-refractivity contribution in [3.05, 3.63) is 98.0 Å². The Bertz CT molecular complexity index is 1320. The summed E-state index contributed by atoms with van der Waals surface area (Å²) in [6, 6.07) is 17.5. The Balaban J connectivity index is 1.49. The van der Waals surface area contributed by atoms with Gasteiger partial charge in [-0.25, -0.2) is 9.78 Å². The fraction of sp³-hybridized carbons (Fsp3) is 0.0455. The Labute approximate surface area is 190 Å². The summed E-state index contributed by atoms with van der Waals surface area (Å²) in [6.07, 6.45) is 0. The number of thiazole rings is 1. The quantitative estimate of drug-likeness (QED) is 0.229. The summed E-state index contributed by atoms with van der Waals surface area (Å²) in [7, 11) is 0. The number of nitrogens with zero attached hydrogens (tertiary/aromatic N) is 2. The number of benzene rings is 3. The van der Waals surface area contributed by atoms with Crippen molar-refractivity contribution in [1.82, 2.24) is 4.98 Å². The first-order chi connectivity index (χ1) is 15.4. The van der Waals surface area contributed by atoms with Crippen LogP contribution in [0.1, 0.15) is 25.7 Å². The predicted molar refractivity (Wildman–Crippen MR) is 121 cm³/mol. The largest absolute Gasteiger partial charge is 0.455 e. The van der Waals surface area contributed by atoms with Crippen LogP contribution in [-0.4, -0.2) is 21.8 Å². The number of rotatable bonds is 6. The average Bonchev–Trinajstić information content (AvgIpc) is 3.20. The van der Waals surface area contributed by atoms with Gasteiger partial charge in [-0.15, -0.1) is 11.3 Å². The summed E-state index contributed by atoms with van der Waals surface area (Å²) in [6.45, 7) is -0.00532. The molecule has 1 N–H and O–H groups in total. The molecule has 3 aromatic carbocycles. The van der Waals surface area contributed by atoms with E-state index in [1.165, 1.54) is 29.5 Å². The van der Waals surface area contributed by atoms with Crippen LogP contribution in [0.25, 0.3) is 10.2 Å². The first-order valence-electron chi connectivity index (χ1n) is 9.28. The van der Waals surface area contributed by atoms with E-state index in [1.54, 1.807) is 18.2 Å². The van der Waals surface area contributed by atoms with Gasteiger partial charge in [0.2, 0.25) is 0 Å². The van der Waals surface area contributed by atoms with Crippen molar-refractivity contribution in [2.75, 3.05) is 5.32 Å². The highest BCUT2D eigenvalue weighted by molar-refractivity contribution is 7.18. The molecule has 0 saturated carbocycles. The fourth-order valence-electron chi connectivity index (χ4n) is 2.95. The number of para-hydroxylation sites is 2. The molecule has 160 valence electrons. The highest BCUT2D eigenvalue weighted by atomic mass is 35.5. The van der Waals surface area contributed by atoms with Gasteiger partial charge in [0.25, 0.3) is 11.6 Å². The first-order valence-corrected chi connectivity index (χ1v) is 10.5. The molecule has 0 saturated heterocycles. The number of esters is 1. The number of nitro groups is 1. The summed E-state index contributed by atoms with van der Waals surface area (Å²) in [5, 5.41) is 14.0. The second-order valence-corrected chi connectivity index (χ2v) is 8.09. The molecular weight excluding hydrogens is 454 g/mol. The van der Waals surface area contributed by atoms with Gasteiger partial charge in [0.15, 0.2) is 0 Å². The Morgan fingerprint density at radius 3 is 2.56 bits per heavy atom. The molecule has 1 heterocycles. The second-order valence-electron chi connectivity index (χ2n) is 6.57. The minimum Gasteiger partial charge on any atom is -0.455 e. The van der Waals surface area contributed by atoms with Crippen molar-refractivity contribution < 1.29 is 19.2 Å². The number of hydrogen-bond acceptors (Lipinski definition) is 7. The lowest BCUT2D eigenvalue weighted by Gasteiger charge is -2.11. The van der Waals surface area contributed by atoms with Gasteiger partial charge >= 0.3 is 5.97 Å². The van der Waals surface area contributed by atoms with Crippen molar-refractivity contribution in [2.45, 2.75) is 6.61 Å². The third-order valence-corrected chi connectivity index (χ3v) is 5.79. The lowest BCUT2D eigenvalue weighted by Crippen LogP contribution is -2.16. The number of carbonyl (C=O) groups excluding carboxylic acids is 2. The van der Waals surface area contributed by atoms with Crippen LogP contribution in [0.15, 0.2) is 66.7 Å². The normalized spacial score (nSPS) is 10.7. The molecule has 8 nitrogen and oxygen atoms in total. The van der Waals surface area contributed by atoms with Gasteiger partial charge < -0.3 is 10.1 Å². The molecule has 4 rings (SSSR count). The molecule has 0 aliphatic carbocycles. The van der Waals surface area contributed by atoms with E-state index >= 15 is 0 Å². The zero-order valence-electron chi connectivity index (χ0n) is 16.3. The van der Waals surface area contributed by atoms with Gasteiger partial charge in [0.1, 0.15) is 11.6 Å². The topological polar surface area (TPSA) is 111 Å². The molecule has 4 aromatic rings. The number of halogens is 1. The van der Waals surface area contributed by atoms with Crippen LogP contribution in [0.2, 0.25) is 5.02 Å². The lowest BCUT2D eigenvalue weighted by molar-refractivity contribution is -0.384. The van der Waals surface area contributed by atoms with E-state index in [0.29, 0.717) is 5.01 Å². The number of fused-ring (bicyclic) bond motifs is 1. The highest BCUT2D eigenvalue weighted by Gasteiger charge is 2.19. The minimum absolute atomic E-state index is 0.00532. The van der Waals surface area contributed by atoms with Crippen molar-refractivity contribution in [1.29, 1.82) is 0 Å². The molecule has 32 heavy (non-hydrogen) atoms. The van der Waals surface area contributed by atoms with E-state index in [2.05, 4.69) is 10.3 Å². The standard InChI is InChI=1S/C22H14ClN3O5S/c23-16-11-13(26(29)30)9-10-14(16)21(27)25-17-6-2-1-5-15(17)22(28)31-12-20-24-18-7-3-4-8-19(18)32-20/h1-11H,12H2,(H,25,27). The van der Waals surface area contributed by atoms with E-state index in [0.717, 1.165) is 16.3 Å². The van der Waals surface area contributed by atoms with Gasteiger partial charge in [-0.05, 0) is 30.3 Å². The van der Waals surface area contributed by atoms with Gasteiger partial charge in [-0.3, -0.25) is 14.9 Å². The van der Waals surface area contributed by atoms with Crippen LogP contribution in [0.3, 0.4) is 0 Å². The van der Waals surface area contributed by atoms with Crippen LogP contribution in [0.4, 0.5) is 11.4 Å². The minimum atomic E-state index is -0.630. The summed E-state index contributed by atoms with van der Waals surface area (Å²) >= 11 is 7.46. The van der Waals surface area contributed by atoms with Crippen LogP contribution >= 0.6 is 22.9 Å². The summed E-state index contributed by atoms with van der Waals surface area (Å²) in [4.78, 5) is 40.0. The Hall–Kier alpha value is -3.82. The number of aromatic nitrogens is 1. The molecule has 0 aliphatic rings. The molecular formula is C22H14ClN3O5S. The number of anilines is 1. The monoisotopic (exact) mass is 467 g/mol. The third-order valence-electron chi connectivity index (χ3n) is 4.47. The van der Waals surface area contributed by atoms with E-state index in [9.17, 15) is 19.7 Å². The Morgan fingerprint density at radius 2 is 1.81 bits per heavy atom. The maximum absolute atomic E-state index is 12.7. The number of non-ortho nitro benzene ring substituents is 1. The molecule has 1 aromatic heterocycles. The third kappa shape index (κ3) is 4.58. The summed E-state index contributed by atoms with van der Waals surface area (Å²) < 4.78 is 6.39. The molecule has 10 heteroatoms. The maximum Gasteiger partial charge on any atom is 0.340 e. The number of amides is 1. The molecule has 0 unspecified atom stereocenters. The number of nitrogens with one attached hydrogen (secondary N) is 1. The van der Waals surface area contributed by atoms with Gasteiger partial charge in [0.05, 0.1) is 37.0 Å². The van der Waals surface area contributed by atoms with Crippen molar-refractivity contribution in [2.24, 2.45) is 0 Å². The number of nitro benzene ring substituents is 1. The summed E-state index contributed by atoms with van der Waals surface area (Å²) in [5.74, 6) is -1.24. The Morgan fingerprint density at radius 1 is 1.06 bits per heavy atom. The number of carbonyl (C=O) groups is 2.